The van der Waals surface area contributed by atoms with E-state index in [9.17, 15) is 14.9 Å². The number of likely N-dealkylation sites (tertiary alicyclic amines) is 1. The van der Waals surface area contributed by atoms with E-state index >= 15 is 0 Å². The van der Waals surface area contributed by atoms with Gasteiger partial charge in [0.1, 0.15) is 35.0 Å². The number of fused-ring (bicyclic) bond motifs is 1. The van der Waals surface area contributed by atoms with Crippen LogP contribution in [0.2, 0.25) is 0 Å². The van der Waals surface area contributed by atoms with Gasteiger partial charge >= 0.3 is 5.69 Å². The summed E-state index contributed by atoms with van der Waals surface area (Å²) in [4.78, 5) is 40.1. The fourth-order valence-corrected chi connectivity index (χ4v) is 6.35. The van der Waals surface area contributed by atoms with Crippen LogP contribution in [-0.2, 0) is 9.53 Å². The van der Waals surface area contributed by atoms with Crippen molar-refractivity contribution in [2.75, 3.05) is 38.6 Å². The number of imidazole rings is 1. The average Bonchev–Trinajstić information content (AvgIpc) is 3.61. The molecular formula is C33H36N8O4. The van der Waals surface area contributed by atoms with Crippen LogP contribution in [0.5, 0.6) is 11.5 Å². The van der Waals surface area contributed by atoms with Crippen molar-refractivity contribution in [1.82, 2.24) is 28.9 Å². The number of para-hydroxylation sites is 1. The van der Waals surface area contributed by atoms with Crippen molar-refractivity contribution in [2.45, 2.75) is 44.8 Å². The monoisotopic (exact) mass is 608 g/mol. The number of carbonyl (C=O) groups is 1. The number of rotatable bonds is 9. The van der Waals surface area contributed by atoms with E-state index in [4.69, 9.17) is 15.2 Å². The van der Waals surface area contributed by atoms with Crippen molar-refractivity contribution in [3.05, 3.63) is 83.1 Å². The van der Waals surface area contributed by atoms with Crippen molar-refractivity contribution in [2.24, 2.45) is 0 Å². The van der Waals surface area contributed by atoms with Gasteiger partial charge in [0.15, 0.2) is 11.5 Å². The summed E-state index contributed by atoms with van der Waals surface area (Å²) >= 11 is 0. The maximum atomic E-state index is 14.1. The Bertz CT molecular complexity index is 1830. The van der Waals surface area contributed by atoms with Crippen LogP contribution in [0.25, 0.3) is 16.9 Å². The normalized spacial score (nSPS) is 17.4. The molecule has 232 valence electrons. The van der Waals surface area contributed by atoms with Gasteiger partial charge < -0.3 is 20.1 Å². The van der Waals surface area contributed by atoms with Crippen molar-refractivity contribution in [1.29, 1.82) is 5.26 Å². The van der Waals surface area contributed by atoms with Crippen LogP contribution in [0.15, 0.2) is 77.4 Å². The van der Waals surface area contributed by atoms with Gasteiger partial charge in [-0.2, -0.15) is 5.26 Å². The molecule has 2 aliphatic heterocycles. The molecule has 0 radical (unpaired) electrons. The molecule has 0 unspecified atom stereocenters. The molecule has 12 nitrogen and oxygen atoms in total. The van der Waals surface area contributed by atoms with E-state index in [0.29, 0.717) is 54.5 Å². The Balaban J connectivity index is 1.27. The van der Waals surface area contributed by atoms with E-state index < -0.39 is 5.54 Å². The van der Waals surface area contributed by atoms with E-state index in [0.717, 1.165) is 6.54 Å². The Morgan fingerprint density at radius 1 is 1.16 bits per heavy atom. The topological polar surface area (TPSA) is 145 Å². The fourth-order valence-electron chi connectivity index (χ4n) is 6.35. The first-order chi connectivity index (χ1) is 21.7. The van der Waals surface area contributed by atoms with Crippen LogP contribution >= 0.6 is 0 Å². The number of nitrogens with two attached hydrogens (primary N) is 1. The summed E-state index contributed by atoms with van der Waals surface area (Å²) in [5.41, 5.74) is 6.87. The molecule has 45 heavy (non-hydrogen) atoms. The lowest BCUT2D eigenvalue weighted by Crippen LogP contribution is -2.57. The predicted octanol–water partition coefficient (Wildman–Crippen LogP) is 3.68. The highest BCUT2D eigenvalue weighted by Gasteiger charge is 2.37. The molecule has 0 saturated carbocycles. The van der Waals surface area contributed by atoms with Crippen molar-refractivity contribution >= 4 is 22.9 Å². The molecule has 0 aliphatic carbocycles. The third-order valence-electron chi connectivity index (χ3n) is 8.56. The average molecular weight is 609 g/mol. The van der Waals surface area contributed by atoms with E-state index in [1.807, 2.05) is 44.2 Å². The first-order valence-electron chi connectivity index (χ1n) is 15.0. The van der Waals surface area contributed by atoms with Gasteiger partial charge in [-0.25, -0.2) is 14.8 Å². The quantitative estimate of drug-likeness (QED) is 0.222. The second-order valence-electron chi connectivity index (χ2n) is 11.8. The minimum Gasteiger partial charge on any atom is -0.457 e. The summed E-state index contributed by atoms with van der Waals surface area (Å²) in [5.74, 6) is 1.13. The van der Waals surface area contributed by atoms with Crippen LogP contribution < -0.4 is 16.2 Å². The highest BCUT2D eigenvalue weighted by atomic mass is 16.5. The maximum absolute atomic E-state index is 14.1. The SMILES string of the molecule is CCN(C1COC1)C(C)(C)/C=C(/C#N)C(=O)N1CC[C@H](n2c(=O)n(-c3ccc(Oc4ccccc4)cc3)c3c(N)ncnc32)C1. The molecule has 2 aliphatic rings. The van der Waals surface area contributed by atoms with E-state index in [1.165, 1.54) is 10.9 Å². The van der Waals surface area contributed by atoms with Gasteiger partial charge in [-0.05, 0) is 69.3 Å². The summed E-state index contributed by atoms with van der Waals surface area (Å²) in [7, 11) is 0. The summed E-state index contributed by atoms with van der Waals surface area (Å²) in [6, 6.07) is 18.5. The Morgan fingerprint density at radius 3 is 2.51 bits per heavy atom. The second kappa shape index (κ2) is 12.2. The fraction of sp³-hybridized carbons (Fsp3) is 0.364. The molecule has 4 aromatic rings. The number of ether oxygens (including phenoxy) is 2. The molecular weight excluding hydrogens is 572 g/mol. The highest BCUT2D eigenvalue weighted by molar-refractivity contribution is 5.97. The minimum absolute atomic E-state index is 0.0819. The van der Waals surface area contributed by atoms with Gasteiger partial charge in [-0.3, -0.25) is 18.8 Å². The lowest BCUT2D eigenvalue weighted by Gasteiger charge is -2.45. The van der Waals surface area contributed by atoms with Crippen molar-refractivity contribution in [3.8, 4) is 23.3 Å². The molecule has 0 spiro atoms. The maximum Gasteiger partial charge on any atom is 0.335 e. The zero-order valence-electron chi connectivity index (χ0n) is 25.6. The summed E-state index contributed by atoms with van der Waals surface area (Å²) < 4.78 is 14.4. The lowest BCUT2D eigenvalue weighted by atomic mass is 9.95. The molecule has 1 atom stereocenters. The molecule has 2 saturated heterocycles. The second-order valence-corrected chi connectivity index (χ2v) is 11.8. The number of hydrogen-bond acceptors (Lipinski definition) is 9. The lowest BCUT2D eigenvalue weighted by molar-refractivity contribution is -0.126. The summed E-state index contributed by atoms with van der Waals surface area (Å²) in [6.07, 6.45) is 3.60. The molecule has 6 rings (SSSR count). The Hall–Kier alpha value is -4.99. The summed E-state index contributed by atoms with van der Waals surface area (Å²) in [5, 5.41) is 10.0. The molecule has 2 aromatic carbocycles. The van der Waals surface area contributed by atoms with Crippen LogP contribution in [0.1, 0.15) is 33.2 Å². The first-order valence-corrected chi connectivity index (χ1v) is 15.0. The van der Waals surface area contributed by atoms with Crippen LogP contribution in [0, 0.1) is 11.3 Å². The third-order valence-corrected chi connectivity index (χ3v) is 8.56. The molecule has 2 fully saturated rings. The number of carbonyl (C=O) groups excluding carboxylic acids is 1. The number of hydrogen-bond donors (Lipinski definition) is 1. The molecule has 12 heteroatoms. The number of nitrogens with zero attached hydrogens (tertiary/aromatic N) is 7. The van der Waals surface area contributed by atoms with Crippen molar-refractivity contribution in [3.63, 3.8) is 0 Å². The van der Waals surface area contributed by atoms with Gasteiger partial charge in [0.2, 0.25) is 0 Å². The van der Waals surface area contributed by atoms with Gasteiger partial charge in [-0.15, -0.1) is 0 Å². The number of aromatic nitrogens is 4. The van der Waals surface area contributed by atoms with Crippen LogP contribution in [0.3, 0.4) is 0 Å². The van der Waals surface area contributed by atoms with Crippen molar-refractivity contribution < 1.29 is 14.3 Å². The first kappa shape index (κ1) is 30.1. The van der Waals surface area contributed by atoms with Gasteiger partial charge in [0.25, 0.3) is 5.91 Å². The van der Waals surface area contributed by atoms with E-state index in [-0.39, 0.29) is 41.6 Å². The summed E-state index contributed by atoms with van der Waals surface area (Å²) in [6.45, 7) is 8.74. The van der Waals surface area contributed by atoms with Crippen LogP contribution in [-0.4, -0.2) is 79.2 Å². The zero-order chi connectivity index (χ0) is 31.7. The molecule has 1 amide bonds. The van der Waals surface area contributed by atoms with Gasteiger partial charge in [0.05, 0.1) is 31.0 Å². The molecule has 2 N–H and O–H groups in total. The predicted molar refractivity (Wildman–Crippen MR) is 169 cm³/mol. The smallest absolute Gasteiger partial charge is 0.335 e. The zero-order valence-corrected chi connectivity index (χ0v) is 25.6. The number of benzene rings is 2. The largest absolute Gasteiger partial charge is 0.457 e. The minimum atomic E-state index is -0.524. The van der Waals surface area contributed by atoms with Crippen LogP contribution in [0.4, 0.5) is 5.82 Å². The third kappa shape index (κ3) is 5.68. The number of nitriles is 1. The molecule has 2 aromatic heterocycles. The number of anilines is 1. The number of likely N-dealkylation sites (N-methyl/N-ethyl adjacent to an activating group) is 1. The van der Waals surface area contributed by atoms with Gasteiger partial charge in [-0.1, -0.05) is 25.1 Å². The highest BCUT2D eigenvalue weighted by Crippen LogP contribution is 2.30. The Labute approximate surface area is 260 Å². The Kier molecular flexibility index (Phi) is 8.14. The molecule has 0 bridgehead atoms. The Morgan fingerprint density at radius 2 is 1.87 bits per heavy atom. The number of nitrogen functional groups attached to an aromatic ring is 1. The van der Waals surface area contributed by atoms with E-state index in [1.54, 1.807) is 39.8 Å². The van der Waals surface area contributed by atoms with Gasteiger partial charge in [0, 0.05) is 18.6 Å². The standard InChI is InChI=1S/C33H36N8O4/c1-4-39(25-19-44-20-25)33(2,3)16-22(17-34)31(42)38-15-14-24(18-38)41-30-28(29(35)36-21-37-30)40(32(41)43)23-10-12-27(13-11-23)45-26-8-6-5-7-9-26/h5-13,16,21,24-25H,4,14-15,18-20H2,1-3H3,(H2,35,36,37)/b22-16-/t24-/m0/s1. The van der Waals surface area contributed by atoms with E-state index in [2.05, 4.69) is 27.9 Å². The molecule has 4 heterocycles. The number of amides is 1.